The number of hydrogen-bond donors (Lipinski definition) is 2. The first-order chi connectivity index (χ1) is 11.8. The van der Waals surface area contributed by atoms with Crippen molar-refractivity contribution in [2.45, 2.75) is 44.6 Å². The van der Waals surface area contributed by atoms with Crippen molar-refractivity contribution in [3.05, 3.63) is 24.3 Å². The molecule has 1 aliphatic heterocycles. The van der Waals surface area contributed by atoms with E-state index in [1.165, 1.54) is 38.5 Å². The van der Waals surface area contributed by atoms with E-state index >= 15 is 0 Å². The van der Waals surface area contributed by atoms with Gasteiger partial charge in [-0.2, -0.15) is 0 Å². The molecule has 0 aromatic heterocycles. The van der Waals surface area contributed by atoms with Gasteiger partial charge >= 0.3 is 0 Å². The van der Waals surface area contributed by atoms with Crippen LogP contribution in [0, 0.1) is 0 Å². The zero-order valence-electron chi connectivity index (χ0n) is 14.4. The van der Waals surface area contributed by atoms with E-state index in [-0.39, 0.29) is 5.91 Å². The van der Waals surface area contributed by atoms with Crippen molar-refractivity contribution in [3.8, 4) is 0 Å². The average molecular weight is 331 g/mol. The van der Waals surface area contributed by atoms with Crippen molar-refractivity contribution in [2.24, 2.45) is 0 Å². The van der Waals surface area contributed by atoms with Crippen LogP contribution in [0.25, 0.3) is 0 Å². The zero-order valence-corrected chi connectivity index (χ0v) is 14.4. The smallest absolute Gasteiger partial charge is 0.238 e. The second kappa shape index (κ2) is 9.04. The molecule has 2 aliphatic rings. The number of carbonyl (C=O) groups excluding carboxylic acids is 1. The summed E-state index contributed by atoms with van der Waals surface area (Å²) in [5.74, 6) is 0.0416. The van der Waals surface area contributed by atoms with Crippen LogP contribution in [-0.4, -0.2) is 44.8 Å². The van der Waals surface area contributed by atoms with E-state index in [1.807, 2.05) is 18.2 Å². The van der Waals surface area contributed by atoms with E-state index < -0.39 is 0 Å². The monoisotopic (exact) mass is 331 g/mol. The number of nitrogens with zero attached hydrogens (tertiary/aromatic N) is 1. The van der Waals surface area contributed by atoms with Gasteiger partial charge in [-0.3, -0.25) is 4.79 Å². The number of morpholine rings is 1. The minimum absolute atomic E-state index is 0.0416. The number of amides is 1. The highest BCUT2D eigenvalue weighted by Crippen LogP contribution is 2.26. The quantitative estimate of drug-likeness (QED) is 0.815. The topological polar surface area (TPSA) is 53.6 Å². The molecule has 0 radical (unpaired) electrons. The van der Waals surface area contributed by atoms with Gasteiger partial charge in [-0.25, -0.2) is 0 Å². The van der Waals surface area contributed by atoms with Gasteiger partial charge in [-0.1, -0.05) is 37.8 Å². The largest absolute Gasteiger partial charge is 0.378 e. The molecule has 1 amide bonds. The summed E-state index contributed by atoms with van der Waals surface area (Å²) in [6.45, 7) is 3.61. The van der Waals surface area contributed by atoms with Crippen LogP contribution in [0.4, 0.5) is 11.4 Å². The van der Waals surface area contributed by atoms with E-state index in [4.69, 9.17) is 4.74 Å². The Kier molecular flexibility index (Phi) is 6.49. The standard InChI is InChI=1S/C19H29N3O2/c23-19(15-20-16-7-3-1-2-4-8-16)21-17-9-5-6-10-18(17)22-11-13-24-14-12-22/h5-6,9-10,16,20H,1-4,7-8,11-15H2,(H,21,23). The third-order valence-corrected chi connectivity index (χ3v) is 4.94. The molecule has 0 unspecified atom stereocenters. The first kappa shape index (κ1) is 17.2. The first-order valence-electron chi connectivity index (χ1n) is 9.28. The van der Waals surface area contributed by atoms with E-state index in [9.17, 15) is 4.79 Å². The maximum absolute atomic E-state index is 12.4. The number of anilines is 2. The fourth-order valence-electron chi connectivity index (χ4n) is 3.57. The van der Waals surface area contributed by atoms with Gasteiger partial charge in [-0.15, -0.1) is 0 Å². The molecule has 132 valence electrons. The summed E-state index contributed by atoms with van der Waals surface area (Å²) in [6, 6.07) is 8.53. The van der Waals surface area contributed by atoms with Crippen LogP contribution >= 0.6 is 0 Å². The van der Waals surface area contributed by atoms with Crippen LogP contribution in [0.3, 0.4) is 0 Å². The van der Waals surface area contributed by atoms with Crippen LogP contribution in [-0.2, 0) is 9.53 Å². The Labute approximate surface area is 144 Å². The Morgan fingerprint density at radius 3 is 2.54 bits per heavy atom. The SMILES string of the molecule is O=C(CNC1CCCCCC1)Nc1ccccc1N1CCOCC1. The molecule has 1 saturated heterocycles. The molecule has 5 nitrogen and oxygen atoms in total. The Bertz CT molecular complexity index is 521. The molecule has 3 rings (SSSR count). The number of para-hydroxylation sites is 2. The highest BCUT2D eigenvalue weighted by molar-refractivity contribution is 5.95. The fraction of sp³-hybridized carbons (Fsp3) is 0.632. The van der Waals surface area contributed by atoms with Gasteiger partial charge in [0.05, 0.1) is 31.1 Å². The second-order valence-electron chi connectivity index (χ2n) is 6.73. The van der Waals surface area contributed by atoms with Gasteiger partial charge < -0.3 is 20.3 Å². The van der Waals surface area contributed by atoms with Crippen molar-refractivity contribution in [3.63, 3.8) is 0 Å². The molecule has 1 saturated carbocycles. The van der Waals surface area contributed by atoms with Crippen LogP contribution in [0.5, 0.6) is 0 Å². The van der Waals surface area contributed by atoms with E-state index in [0.717, 1.165) is 37.7 Å². The van der Waals surface area contributed by atoms with Gasteiger partial charge in [0.1, 0.15) is 0 Å². The predicted molar refractivity (Wildman–Crippen MR) is 97.6 cm³/mol. The number of benzene rings is 1. The highest BCUT2D eigenvalue weighted by Gasteiger charge is 2.17. The molecule has 5 heteroatoms. The molecule has 1 aromatic carbocycles. The summed E-state index contributed by atoms with van der Waals surface area (Å²) < 4.78 is 5.42. The molecule has 2 N–H and O–H groups in total. The molecule has 2 fully saturated rings. The average Bonchev–Trinajstić information content (AvgIpc) is 2.90. The predicted octanol–water partition coefficient (Wildman–Crippen LogP) is 2.77. The van der Waals surface area contributed by atoms with Gasteiger partial charge in [0.15, 0.2) is 0 Å². The molecule has 1 heterocycles. The van der Waals surface area contributed by atoms with Crippen molar-refractivity contribution < 1.29 is 9.53 Å². The lowest BCUT2D eigenvalue weighted by Gasteiger charge is -2.30. The Hall–Kier alpha value is -1.59. The molecular weight excluding hydrogens is 302 g/mol. The Balaban J connectivity index is 1.54. The normalized spacial score (nSPS) is 19.8. The Morgan fingerprint density at radius 2 is 1.79 bits per heavy atom. The van der Waals surface area contributed by atoms with E-state index in [1.54, 1.807) is 0 Å². The summed E-state index contributed by atoms with van der Waals surface area (Å²) in [5, 5.41) is 6.51. The molecule has 1 aliphatic carbocycles. The highest BCUT2D eigenvalue weighted by atomic mass is 16.5. The molecule has 24 heavy (non-hydrogen) atoms. The van der Waals surface area contributed by atoms with Crippen LogP contribution < -0.4 is 15.5 Å². The van der Waals surface area contributed by atoms with Gasteiger partial charge in [0.25, 0.3) is 0 Å². The maximum Gasteiger partial charge on any atom is 0.238 e. The van der Waals surface area contributed by atoms with Gasteiger partial charge in [0.2, 0.25) is 5.91 Å². The number of ether oxygens (including phenoxy) is 1. The van der Waals surface area contributed by atoms with Crippen molar-refractivity contribution >= 4 is 17.3 Å². The van der Waals surface area contributed by atoms with Crippen molar-refractivity contribution in [2.75, 3.05) is 43.1 Å². The lowest BCUT2D eigenvalue weighted by molar-refractivity contribution is -0.115. The Morgan fingerprint density at radius 1 is 1.08 bits per heavy atom. The fourth-order valence-corrected chi connectivity index (χ4v) is 3.57. The molecule has 0 spiro atoms. The lowest BCUT2D eigenvalue weighted by Crippen LogP contribution is -2.38. The summed E-state index contributed by atoms with van der Waals surface area (Å²) in [6.07, 6.45) is 7.60. The minimum atomic E-state index is 0.0416. The van der Waals surface area contributed by atoms with E-state index in [2.05, 4.69) is 21.6 Å². The van der Waals surface area contributed by atoms with Crippen LogP contribution in [0.1, 0.15) is 38.5 Å². The molecular formula is C19H29N3O2. The zero-order chi connectivity index (χ0) is 16.6. The van der Waals surface area contributed by atoms with Gasteiger partial charge in [0, 0.05) is 19.1 Å². The van der Waals surface area contributed by atoms with Gasteiger partial charge in [-0.05, 0) is 25.0 Å². The number of hydrogen-bond acceptors (Lipinski definition) is 4. The van der Waals surface area contributed by atoms with Crippen molar-refractivity contribution in [1.82, 2.24) is 5.32 Å². The number of rotatable bonds is 5. The third-order valence-electron chi connectivity index (χ3n) is 4.94. The summed E-state index contributed by atoms with van der Waals surface area (Å²) in [4.78, 5) is 14.6. The second-order valence-corrected chi connectivity index (χ2v) is 6.73. The molecule has 0 atom stereocenters. The maximum atomic E-state index is 12.4. The van der Waals surface area contributed by atoms with E-state index in [0.29, 0.717) is 12.6 Å². The summed E-state index contributed by atoms with van der Waals surface area (Å²) in [7, 11) is 0. The summed E-state index contributed by atoms with van der Waals surface area (Å²) >= 11 is 0. The number of nitrogens with one attached hydrogen (secondary N) is 2. The van der Waals surface area contributed by atoms with Crippen LogP contribution in [0.15, 0.2) is 24.3 Å². The lowest BCUT2D eigenvalue weighted by atomic mass is 10.1. The minimum Gasteiger partial charge on any atom is -0.378 e. The number of carbonyl (C=O) groups is 1. The molecule has 0 bridgehead atoms. The van der Waals surface area contributed by atoms with Crippen LogP contribution in [0.2, 0.25) is 0 Å². The molecule has 1 aromatic rings. The third kappa shape index (κ3) is 4.95. The summed E-state index contributed by atoms with van der Waals surface area (Å²) in [5.41, 5.74) is 1.98. The first-order valence-corrected chi connectivity index (χ1v) is 9.28. The van der Waals surface area contributed by atoms with Crippen molar-refractivity contribution in [1.29, 1.82) is 0 Å².